The van der Waals surface area contributed by atoms with Gasteiger partial charge in [-0.15, -0.1) is 0 Å². The molecule has 0 amide bonds. The van der Waals surface area contributed by atoms with E-state index in [-0.39, 0.29) is 17.8 Å². The van der Waals surface area contributed by atoms with Crippen LogP contribution in [0.5, 0.6) is 0 Å². The summed E-state index contributed by atoms with van der Waals surface area (Å²) < 4.78 is 13.4. The van der Waals surface area contributed by atoms with Crippen LogP contribution in [0.2, 0.25) is 5.02 Å². The first kappa shape index (κ1) is 10.8. The third-order valence-corrected chi connectivity index (χ3v) is 2.51. The van der Waals surface area contributed by atoms with E-state index in [1.807, 2.05) is 0 Å². The molecule has 0 saturated carbocycles. The smallest absolute Gasteiger partial charge is 0.264 e. The molecule has 1 aromatic carbocycles. The predicted molar refractivity (Wildman–Crippen MR) is 59.1 cm³/mol. The Balaban J connectivity index is 2.34. The zero-order valence-corrected chi connectivity index (χ0v) is 8.96. The van der Waals surface area contributed by atoms with Crippen LogP contribution in [0.4, 0.5) is 4.39 Å². The molecule has 0 spiro atoms. The molecule has 0 aliphatic carbocycles. The van der Waals surface area contributed by atoms with Crippen LogP contribution in [0.15, 0.2) is 35.1 Å². The van der Waals surface area contributed by atoms with Gasteiger partial charge >= 0.3 is 0 Å². The lowest BCUT2D eigenvalue weighted by atomic mass is 10.1. The van der Waals surface area contributed by atoms with Crippen LogP contribution >= 0.6 is 11.6 Å². The first-order chi connectivity index (χ1) is 7.66. The van der Waals surface area contributed by atoms with Gasteiger partial charge in [-0.25, -0.2) is 9.49 Å². The van der Waals surface area contributed by atoms with Crippen LogP contribution in [-0.4, -0.2) is 10.2 Å². The molecule has 0 atom stereocenters. The number of nitrogens with zero attached hydrogens (tertiary/aromatic N) is 1. The molecule has 0 aliphatic heterocycles. The lowest BCUT2D eigenvalue weighted by Gasteiger charge is -2.04. The van der Waals surface area contributed by atoms with E-state index >= 15 is 0 Å². The van der Waals surface area contributed by atoms with Crippen molar-refractivity contribution in [3.05, 3.63) is 62.8 Å². The second-order valence-electron chi connectivity index (χ2n) is 3.29. The van der Waals surface area contributed by atoms with Crippen molar-refractivity contribution in [2.75, 3.05) is 0 Å². The molecule has 3 nitrogen and oxygen atoms in total. The van der Waals surface area contributed by atoms with Crippen molar-refractivity contribution < 1.29 is 4.39 Å². The van der Waals surface area contributed by atoms with Crippen molar-refractivity contribution in [1.29, 1.82) is 0 Å². The predicted octanol–water partition coefficient (Wildman–Crippen LogP) is 2.15. The van der Waals surface area contributed by atoms with E-state index in [0.29, 0.717) is 16.3 Å². The maximum Gasteiger partial charge on any atom is 0.264 e. The van der Waals surface area contributed by atoms with Crippen molar-refractivity contribution in [2.24, 2.45) is 0 Å². The first-order valence-corrected chi connectivity index (χ1v) is 5.02. The minimum Gasteiger partial charge on any atom is -0.268 e. The summed E-state index contributed by atoms with van der Waals surface area (Å²) >= 11 is 5.87. The third kappa shape index (κ3) is 2.28. The molecular formula is C11H8ClFN2O. The number of hydrogen-bond acceptors (Lipinski definition) is 2. The minimum atomic E-state index is -0.375. The second kappa shape index (κ2) is 4.45. The second-order valence-corrected chi connectivity index (χ2v) is 3.70. The quantitative estimate of drug-likeness (QED) is 0.872. The van der Waals surface area contributed by atoms with Crippen LogP contribution in [0.1, 0.15) is 11.3 Å². The minimum absolute atomic E-state index is 0.252. The summed E-state index contributed by atoms with van der Waals surface area (Å²) in [5.41, 5.74) is 0.652. The van der Waals surface area contributed by atoms with Crippen LogP contribution in [0.3, 0.4) is 0 Å². The Morgan fingerprint density at radius 2 is 2.12 bits per heavy atom. The Labute approximate surface area is 95.9 Å². The Morgan fingerprint density at radius 1 is 1.31 bits per heavy atom. The molecule has 1 aromatic heterocycles. The Hall–Kier alpha value is -1.68. The maximum absolute atomic E-state index is 13.4. The fourth-order valence-electron chi connectivity index (χ4n) is 1.35. The molecule has 1 heterocycles. The van der Waals surface area contributed by atoms with E-state index in [1.54, 1.807) is 18.2 Å². The number of rotatable bonds is 2. The summed E-state index contributed by atoms with van der Waals surface area (Å²) in [5, 5.41) is 6.44. The molecule has 82 valence electrons. The van der Waals surface area contributed by atoms with Crippen molar-refractivity contribution in [3.8, 4) is 0 Å². The number of halogens is 2. The van der Waals surface area contributed by atoms with Gasteiger partial charge in [0, 0.05) is 23.1 Å². The van der Waals surface area contributed by atoms with Gasteiger partial charge in [0.2, 0.25) is 0 Å². The van der Waals surface area contributed by atoms with E-state index in [0.717, 1.165) is 0 Å². The number of aromatic nitrogens is 2. The summed E-state index contributed by atoms with van der Waals surface area (Å²) in [6.07, 6.45) is 0.252. The molecule has 0 saturated heterocycles. The highest BCUT2D eigenvalue weighted by Gasteiger charge is 2.08. The van der Waals surface area contributed by atoms with E-state index in [1.165, 1.54) is 12.1 Å². The zero-order chi connectivity index (χ0) is 11.5. The lowest BCUT2D eigenvalue weighted by molar-refractivity contribution is 0.612. The number of H-pyrrole nitrogens is 1. The van der Waals surface area contributed by atoms with Gasteiger partial charge in [0.1, 0.15) is 5.82 Å². The van der Waals surface area contributed by atoms with Crippen LogP contribution in [0, 0.1) is 5.82 Å². The number of nitrogens with one attached hydrogen (secondary N) is 1. The van der Waals surface area contributed by atoms with E-state index in [9.17, 15) is 9.18 Å². The standard InChI is InChI=1S/C11H8ClFN2O/c12-9-2-1-3-10(13)8(9)6-7-4-5-11(16)15-14-7/h1-5H,6H2,(H,15,16). The molecule has 2 aromatic rings. The van der Waals surface area contributed by atoms with Gasteiger partial charge in [-0.2, -0.15) is 5.10 Å². The van der Waals surface area contributed by atoms with Gasteiger partial charge in [0.25, 0.3) is 5.56 Å². The van der Waals surface area contributed by atoms with Gasteiger partial charge in [0.05, 0.1) is 5.69 Å². The molecule has 0 radical (unpaired) electrons. The Kier molecular flexibility index (Phi) is 3.01. The van der Waals surface area contributed by atoms with Crippen molar-refractivity contribution in [3.63, 3.8) is 0 Å². The van der Waals surface area contributed by atoms with Crippen LogP contribution < -0.4 is 5.56 Å². The Bertz CT molecular complexity index is 527. The average molecular weight is 239 g/mol. The van der Waals surface area contributed by atoms with Gasteiger partial charge < -0.3 is 0 Å². The molecule has 1 N–H and O–H groups in total. The van der Waals surface area contributed by atoms with Crippen LogP contribution in [-0.2, 0) is 6.42 Å². The summed E-state index contributed by atoms with van der Waals surface area (Å²) in [6.45, 7) is 0. The largest absolute Gasteiger partial charge is 0.268 e. The van der Waals surface area contributed by atoms with Crippen molar-refractivity contribution >= 4 is 11.6 Å². The summed E-state index contributed by atoms with van der Waals surface area (Å²) in [5.74, 6) is -0.375. The average Bonchev–Trinajstić information content (AvgIpc) is 2.26. The molecular weight excluding hydrogens is 231 g/mol. The summed E-state index contributed by atoms with van der Waals surface area (Å²) in [4.78, 5) is 10.8. The lowest BCUT2D eigenvalue weighted by Crippen LogP contribution is -2.08. The van der Waals surface area contributed by atoms with Gasteiger partial charge in [-0.05, 0) is 18.2 Å². The first-order valence-electron chi connectivity index (χ1n) is 4.64. The third-order valence-electron chi connectivity index (χ3n) is 2.16. The van der Waals surface area contributed by atoms with Crippen molar-refractivity contribution in [2.45, 2.75) is 6.42 Å². The molecule has 0 bridgehead atoms. The van der Waals surface area contributed by atoms with E-state index in [2.05, 4.69) is 10.2 Å². The number of hydrogen-bond donors (Lipinski definition) is 1. The highest BCUT2D eigenvalue weighted by Crippen LogP contribution is 2.20. The van der Waals surface area contributed by atoms with Gasteiger partial charge in [-0.1, -0.05) is 17.7 Å². The fraction of sp³-hybridized carbons (Fsp3) is 0.0909. The summed E-state index contributed by atoms with van der Waals surface area (Å²) in [6, 6.07) is 7.39. The maximum atomic E-state index is 13.4. The van der Waals surface area contributed by atoms with Gasteiger partial charge in [0.15, 0.2) is 0 Å². The molecule has 0 aliphatic rings. The zero-order valence-electron chi connectivity index (χ0n) is 8.21. The van der Waals surface area contributed by atoms with Crippen LogP contribution in [0.25, 0.3) is 0 Å². The highest BCUT2D eigenvalue weighted by atomic mass is 35.5. The molecule has 0 fully saturated rings. The SMILES string of the molecule is O=c1ccc(Cc2c(F)cccc2Cl)n[nH]1. The number of benzene rings is 1. The monoisotopic (exact) mass is 238 g/mol. The summed E-state index contributed by atoms with van der Waals surface area (Å²) in [7, 11) is 0. The highest BCUT2D eigenvalue weighted by molar-refractivity contribution is 6.31. The fourth-order valence-corrected chi connectivity index (χ4v) is 1.58. The van der Waals surface area contributed by atoms with Gasteiger partial charge in [-0.3, -0.25) is 4.79 Å². The normalized spacial score (nSPS) is 10.4. The molecule has 0 unspecified atom stereocenters. The van der Waals surface area contributed by atoms with E-state index in [4.69, 9.17) is 11.6 Å². The van der Waals surface area contributed by atoms with Crippen molar-refractivity contribution in [1.82, 2.24) is 10.2 Å². The topological polar surface area (TPSA) is 45.8 Å². The van der Waals surface area contributed by atoms with E-state index < -0.39 is 0 Å². The molecule has 2 rings (SSSR count). The Morgan fingerprint density at radius 3 is 2.75 bits per heavy atom. The molecule has 16 heavy (non-hydrogen) atoms. The molecule has 5 heteroatoms. The number of aromatic amines is 1.